The third-order valence-corrected chi connectivity index (χ3v) is 6.06. The molecule has 1 aromatic rings. The van der Waals surface area contributed by atoms with E-state index in [1.807, 2.05) is 13.1 Å². The summed E-state index contributed by atoms with van der Waals surface area (Å²) >= 11 is 0. The number of guanidine groups is 1. The van der Waals surface area contributed by atoms with Crippen molar-refractivity contribution < 1.29 is 4.39 Å². The molecule has 8 heteroatoms. The first-order valence-corrected chi connectivity index (χ1v) is 10.2. The van der Waals surface area contributed by atoms with Crippen molar-refractivity contribution in [3.8, 4) is 0 Å². The van der Waals surface area contributed by atoms with Crippen molar-refractivity contribution in [3.05, 3.63) is 30.1 Å². The van der Waals surface area contributed by atoms with Crippen LogP contribution in [0.4, 0.5) is 10.1 Å². The van der Waals surface area contributed by atoms with Gasteiger partial charge in [0.15, 0.2) is 5.96 Å². The summed E-state index contributed by atoms with van der Waals surface area (Å²) in [6, 6.07) is 7.78. The fourth-order valence-corrected chi connectivity index (χ4v) is 4.52. The van der Waals surface area contributed by atoms with Crippen LogP contribution in [0.2, 0.25) is 0 Å². The lowest BCUT2D eigenvalue weighted by Crippen LogP contribution is -2.64. The van der Waals surface area contributed by atoms with Crippen molar-refractivity contribution in [3.63, 3.8) is 0 Å². The molecule has 4 aliphatic heterocycles. The second-order valence-corrected chi connectivity index (χ2v) is 7.85. The predicted octanol–water partition coefficient (Wildman–Crippen LogP) is 1.58. The summed E-state index contributed by atoms with van der Waals surface area (Å²) in [5.41, 5.74) is 0.963. The summed E-state index contributed by atoms with van der Waals surface area (Å²) in [6.07, 6.45) is 2.20. The molecule has 2 N–H and O–H groups in total. The lowest BCUT2D eigenvalue weighted by atomic mass is 10.0. The van der Waals surface area contributed by atoms with Gasteiger partial charge in [0.05, 0.1) is 0 Å². The molecule has 0 saturated carbocycles. The van der Waals surface area contributed by atoms with Gasteiger partial charge in [0.25, 0.3) is 0 Å². The van der Waals surface area contributed by atoms with E-state index in [1.54, 1.807) is 12.1 Å². The van der Waals surface area contributed by atoms with Crippen LogP contribution in [0.3, 0.4) is 0 Å². The molecule has 2 bridgehead atoms. The number of hydrogen-bond acceptors (Lipinski definition) is 4. The van der Waals surface area contributed by atoms with Crippen LogP contribution >= 0.6 is 24.0 Å². The molecule has 4 aliphatic rings. The molecule has 156 valence electrons. The smallest absolute Gasteiger partial charge is 0.191 e. The maximum absolute atomic E-state index is 13.5. The Kier molecular flexibility index (Phi) is 7.76. The highest BCUT2D eigenvalue weighted by atomic mass is 127. The molecule has 2 atom stereocenters. The summed E-state index contributed by atoms with van der Waals surface area (Å²) in [7, 11) is 1.83. The van der Waals surface area contributed by atoms with Gasteiger partial charge in [-0.05, 0) is 31.0 Å². The molecular weight excluding hydrogens is 470 g/mol. The number of benzene rings is 1. The highest BCUT2D eigenvalue weighted by molar-refractivity contribution is 14.0. The van der Waals surface area contributed by atoms with Crippen molar-refractivity contribution in [1.29, 1.82) is 0 Å². The van der Waals surface area contributed by atoms with E-state index in [9.17, 15) is 4.39 Å². The molecule has 4 heterocycles. The van der Waals surface area contributed by atoms with Crippen molar-refractivity contribution in [1.82, 2.24) is 20.4 Å². The highest BCUT2D eigenvalue weighted by Gasteiger charge is 2.31. The van der Waals surface area contributed by atoms with Gasteiger partial charge in [-0.2, -0.15) is 0 Å². The molecule has 0 spiro atoms. The predicted molar refractivity (Wildman–Crippen MR) is 123 cm³/mol. The average Bonchev–Trinajstić information content (AvgIpc) is 2.72. The first-order chi connectivity index (χ1) is 13.2. The topological polar surface area (TPSA) is 46.1 Å². The van der Waals surface area contributed by atoms with Crippen LogP contribution in [-0.2, 0) is 0 Å². The van der Waals surface area contributed by atoms with E-state index in [0.717, 1.165) is 50.7 Å². The van der Waals surface area contributed by atoms with Gasteiger partial charge >= 0.3 is 0 Å². The van der Waals surface area contributed by atoms with Crippen LogP contribution in [-0.4, -0.2) is 87.2 Å². The van der Waals surface area contributed by atoms with Crippen LogP contribution in [0, 0.1) is 5.82 Å². The minimum atomic E-state index is -0.174. The van der Waals surface area contributed by atoms with Crippen molar-refractivity contribution in [2.24, 2.45) is 4.99 Å². The zero-order valence-corrected chi connectivity index (χ0v) is 18.9. The molecule has 0 aromatic heterocycles. The molecule has 2 unspecified atom stereocenters. The summed E-state index contributed by atoms with van der Waals surface area (Å²) in [6.45, 7) is 8.71. The van der Waals surface area contributed by atoms with Crippen LogP contribution < -0.4 is 15.5 Å². The Balaban J connectivity index is 0.00000225. The van der Waals surface area contributed by atoms with Gasteiger partial charge in [-0.1, -0.05) is 6.07 Å². The molecular formula is C20H32FIN6. The molecule has 28 heavy (non-hydrogen) atoms. The number of aliphatic imine (C=N–C) groups is 1. The van der Waals surface area contributed by atoms with Crippen LogP contribution in [0.5, 0.6) is 0 Å². The molecule has 5 rings (SSSR count). The van der Waals surface area contributed by atoms with E-state index in [-0.39, 0.29) is 29.8 Å². The first-order valence-electron chi connectivity index (χ1n) is 10.2. The molecule has 0 radical (unpaired) electrons. The summed E-state index contributed by atoms with van der Waals surface area (Å²) in [5, 5.41) is 7.10. The van der Waals surface area contributed by atoms with Gasteiger partial charge in [-0.25, -0.2) is 4.39 Å². The monoisotopic (exact) mass is 502 g/mol. The molecule has 4 fully saturated rings. The minimum Gasteiger partial charge on any atom is -0.369 e. The number of nitrogens with one attached hydrogen (secondary N) is 2. The van der Waals surface area contributed by atoms with Gasteiger partial charge in [-0.3, -0.25) is 14.8 Å². The summed E-state index contributed by atoms with van der Waals surface area (Å²) in [4.78, 5) is 11.8. The van der Waals surface area contributed by atoms with E-state index < -0.39 is 0 Å². The van der Waals surface area contributed by atoms with Crippen LogP contribution in [0.15, 0.2) is 29.3 Å². The summed E-state index contributed by atoms with van der Waals surface area (Å²) in [5.74, 6) is 0.700. The summed E-state index contributed by atoms with van der Waals surface area (Å²) < 4.78 is 13.5. The molecule has 4 saturated heterocycles. The van der Waals surface area contributed by atoms with E-state index in [1.165, 1.54) is 32.2 Å². The van der Waals surface area contributed by atoms with Gasteiger partial charge in [0.2, 0.25) is 0 Å². The number of anilines is 1. The fourth-order valence-electron chi connectivity index (χ4n) is 4.52. The number of nitrogens with zero attached hydrogens (tertiary/aromatic N) is 4. The molecule has 1 aromatic carbocycles. The number of piperazine rings is 3. The Morgan fingerprint density at radius 3 is 2.68 bits per heavy atom. The maximum Gasteiger partial charge on any atom is 0.191 e. The molecule has 0 amide bonds. The standard InChI is InChI=1S/C20H31FN6.HI/c1-22-20(23-13-19-15-25-8-10-26(19)11-9-25)24-17-5-3-7-27(14-17)18-6-2-4-16(21)12-18;/h2,4,6,12,17,19H,3,5,7-11,13-15H2,1H3,(H2,22,23,24);1H. The molecule has 6 nitrogen and oxygen atoms in total. The van der Waals surface area contributed by atoms with Gasteiger partial charge in [0.1, 0.15) is 5.82 Å². The van der Waals surface area contributed by atoms with Crippen molar-refractivity contribution in [2.75, 3.05) is 64.3 Å². The number of piperidine rings is 1. The first kappa shape index (κ1) is 21.6. The Hall–Kier alpha value is -1.13. The number of halogens is 2. The second-order valence-electron chi connectivity index (χ2n) is 7.85. The zero-order chi connectivity index (χ0) is 18.6. The number of rotatable bonds is 4. The van der Waals surface area contributed by atoms with E-state index in [0.29, 0.717) is 12.1 Å². The van der Waals surface area contributed by atoms with E-state index >= 15 is 0 Å². The van der Waals surface area contributed by atoms with Crippen molar-refractivity contribution >= 4 is 35.6 Å². The van der Waals surface area contributed by atoms with Crippen LogP contribution in [0.1, 0.15) is 12.8 Å². The van der Waals surface area contributed by atoms with Gasteiger partial charge in [0, 0.05) is 77.2 Å². The highest BCUT2D eigenvalue weighted by Crippen LogP contribution is 2.21. The normalized spacial score (nSPS) is 29.9. The quantitative estimate of drug-likeness (QED) is 0.372. The fraction of sp³-hybridized carbons (Fsp3) is 0.650. The largest absolute Gasteiger partial charge is 0.369 e. The maximum atomic E-state index is 13.5. The molecule has 0 aliphatic carbocycles. The lowest BCUT2D eigenvalue weighted by molar-refractivity contribution is 0.0154. The van der Waals surface area contributed by atoms with Crippen molar-refractivity contribution in [2.45, 2.75) is 24.9 Å². The zero-order valence-electron chi connectivity index (χ0n) is 16.6. The third-order valence-electron chi connectivity index (χ3n) is 6.06. The Morgan fingerprint density at radius 2 is 2.00 bits per heavy atom. The third kappa shape index (κ3) is 5.27. The van der Waals surface area contributed by atoms with Crippen LogP contribution in [0.25, 0.3) is 0 Å². The minimum absolute atomic E-state index is 0. The van der Waals surface area contributed by atoms with Gasteiger partial charge < -0.3 is 15.5 Å². The SMILES string of the molecule is CN=C(NCC1CN2CCN1CC2)NC1CCCN(c2cccc(F)c2)C1.I. The van der Waals surface area contributed by atoms with E-state index in [2.05, 4.69) is 30.3 Å². The average molecular weight is 502 g/mol. The Bertz CT molecular complexity index is 664. The Morgan fingerprint density at radius 1 is 1.18 bits per heavy atom. The van der Waals surface area contributed by atoms with Gasteiger partial charge in [-0.15, -0.1) is 24.0 Å². The number of hydrogen-bond donors (Lipinski definition) is 2. The number of fused-ring (bicyclic) bond motifs is 3. The lowest BCUT2D eigenvalue weighted by Gasteiger charge is -2.47. The van der Waals surface area contributed by atoms with E-state index in [4.69, 9.17) is 0 Å². The second kappa shape index (κ2) is 10.1. The Labute approximate surface area is 184 Å².